The van der Waals surface area contributed by atoms with Gasteiger partial charge in [-0.3, -0.25) is 0 Å². The molecule has 0 spiro atoms. The van der Waals surface area contributed by atoms with E-state index in [1.54, 1.807) is 11.3 Å². The third kappa shape index (κ3) is 4.93. The number of benzene rings is 2. The predicted octanol–water partition coefficient (Wildman–Crippen LogP) is -0.725. The number of hydrazone groups is 1. The first-order chi connectivity index (χ1) is 13.5. The van der Waals surface area contributed by atoms with Crippen molar-refractivity contribution in [2.75, 3.05) is 10.2 Å². The van der Waals surface area contributed by atoms with Crippen molar-refractivity contribution >= 4 is 28.0 Å². The van der Waals surface area contributed by atoms with Crippen molar-refractivity contribution in [3.8, 4) is 0 Å². The summed E-state index contributed by atoms with van der Waals surface area (Å²) in [4.78, 5) is 5.88. The van der Waals surface area contributed by atoms with Crippen molar-refractivity contribution < 1.29 is 32.8 Å². The van der Waals surface area contributed by atoms with Crippen molar-refractivity contribution in [1.82, 2.24) is 4.98 Å². The Morgan fingerprint density at radius 3 is 2.04 bits per heavy atom. The van der Waals surface area contributed by atoms with E-state index in [2.05, 4.69) is 41.6 Å². The lowest BCUT2D eigenvalue weighted by Gasteiger charge is -2.21. The Bertz CT molecular complexity index is 915. The summed E-state index contributed by atoms with van der Waals surface area (Å²) < 4.78 is 25.6. The minimum Gasteiger partial charge on any atom is -0.405 e. The van der Waals surface area contributed by atoms with E-state index in [0.29, 0.717) is 0 Å². The van der Waals surface area contributed by atoms with Crippen molar-refractivity contribution in [3.63, 3.8) is 0 Å². The van der Waals surface area contributed by atoms with E-state index in [-0.39, 0.29) is 0 Å². The van der Waals surface area contributed by atoms with Crippen LogP contribution in [-0.4, -0.2) is 10.8 Å². The third-order valence-electron chi connectivity index (χ3n) is 3.93. The Morgan fingerprint density at radius 1 is 0.929 bits per heavy atom. The molecule has 1 aromatic heterocycles. The number of aryl methyl sites for hydroxylation is 2. The van der Waals surface area contributed by atoms with Gasteiger partial charge in [-0.15, -0.1) is 5.12 Å². The molecule has 0 saturated carbocycles. The van der Waals surface area contributed by atoms with Gasteiger partial charge in [0.05, 0.1) is 11.3 Å². The summed E-state index contributed by atoms with van der Waals surface area (Å²) in [7, 11) is 0. The van der Waals surface area contributed by atoms with Crippen LogP contribution in [0.2, 0.25) is 0 Å². The fourth-order valence-electron chi connectivity index (χ4n) is 2.53. The maximum Gasteiger partial charge on any atom is 0.277 e. The number of quaternary nitrogens is 1. The number of hydrogen-bond acceptors (Lipinski definition) is 8. The second kappa shape index (κ2) is 9.24. The first kappa shape index (κ1) is 20.4. The molecular formula is C18H18BrN5O3S. The van der Waals surface area contributed by atoms with Crippen molar-refractivity contribution in [2.24, 2.45) is 5.10 Å². The van der Waals surface area contributed by atoms with Crippen LogP contribution in [0.25, 0.3) is 0 Å². The zero-order valence-corrected chi connectivity index (χ0v) is 17.6. The molecule has 0 bridgehead atoms. The molecule has 0 saturated heterocycles. The zero-order valence-electron chi connectivity index (χ0n) is 15.2. The van der Waals surface area contributed by atoms with Crippen LogP contribution in [-0.2, 0) is 0 Å². The normalized spacial score (nSPS) is 13.4. The van der Waals surface area contributed by atoms with Crippen LogP contribution in [0.5, 0.6) is 0 Å². The molecule has 2 aromatic carbocycles. The van der Waals surface area contributed by atoms with Crippen LogP contribution in [0.1, 0.15) is 16.1 Å². The van der Waals surface area contributed by atoms with Crippen molar-refractivity contribution in [3.05, 3.63) is 76.8 Å². The number of amidine groups is 1. The molecule has 1 aliphatic rings. The molecule has 146 valence electrons. The average molecular weight is 464 g/mol. The summed E-state index contributed by atoms with van der Waals surface area (Å²) in [5.41, 5.74) is 5.24. The van der Waals surface area contributed by atoms with Gasteiger partial charge in [-0.2, -0.15) is 5.43 Å². The van der Waals surface area contributed by atoms with Gasteiger partial charge in [-0.1, -0.05) is 58.0 Å². The van der Waals surface area contributed by atoms with Crippen LogP contribution < -0.4 is 28.3 Å². The van der Waals surface area contributed by atoms with Crippen LogP contribution in [0.15, 0.2) is 65.8 Å². The highest BCUT2D eigenvalue weighted by atomic mass is 80.0. The van der Waals surface area contributed by atoms with Crippen LogP contribution in [0.4, 0.5) is 10.8 Å². The van der Waals surface area contributed by atoms with E-state index in [0.717, 1.165) is 27.9 Å². The number of para-hydroxylation sites is 1. The predicted molar refractivity (Wildman–Crippen MR) is 97.9 cm³/mol. The summed E-state index contributed by atoms with van der Waals surface area (Å²) in [6, 6.07) is 20.4. The molecule has 28 heavy (non-hydrogen) atoms. The zero-order chi connectivity index (χ0) is 20.1. The molecule has 2 N–H and O–H groups in total. The number of thiazole rings is 1. The number of hydrogen-bond donors (Lipinski definition) is 1. The fourth-order valence-corrected chi connectivity index (χ4v) is 3.39. The molecule has 8 nitrogen and oxygen atoms in total. The fraction of sp³-hybridized carbons (Fsp3) is 0.111. The van der Waals surface area contributed by atoms with E-state index < -0.39 is 14.8 Å². The summed E-state index contributed by atoms with van der Waals surface area (Å²) >= 11 is -1.99. The van der Waals surface area contributed by atoms with Gasteiger partial charge in [0.15, 0.2) is 0 Å². The lowest BCUT2D eigenvalue weighted by atomic mass is 10.2. The average Bonchev–Trinajstić information content (AvgIpc) is 3.27. The minimum atomic E-state index is -3.65. The first-order valence-electron chi connectivity index (χ1n) is 8.26. The van der Waals surface area contributed by atoms with Crippen LogP contribution in [0, 0.1) is 28.7 Å². The highest BCUT2D eigenvalue weighted by Gasteiger charge is 2.33. The minimum absolute atomic E-state index is 0.871. The van der Waals surface area contributed by atoms with E-state index in [1.165, 1.54) is 4.88 Å². The lowest BCUT2D eigenvalue weighted by Crippen LogP contribution is -2.96. The van der Waals surface area contributed by atoms with Crippen LogP contribution in [0.3, 0.4) is 0 Å². The largest absolute Gasteiger partial charge is 0.405 e. The summed E-state index contributed by atoms with van der Waals surface area (Å²) in [6.45, 7) is 4.12. The van der Waals surface area contributed by atoms with Crippen LogP contribution >= 0.6 is 11.3 Å². The maximum atomic E-state index is 8.52. The number of hydrazine groups is 1. The number of rotatable bonds is 3. The summed E-state index contributed by atoms with van der Waals surface area (Å²) in [5.74, 6) is 0.921. The number of aromatic nitrogens is 1. The summed E-state index contributed by atoms with van der Waals surface area (Å²) in [6.07, 6.45) is 0. The Morgan fingerprint density at radius 2 is 1.50 bits per heavy atom. The Kier molecular flexibility index (Phi) is 6.73. The molecular weight excluding hydrogens is 446 g/mol. The molecule has 1 aliphatic heterocycles. The van der Waals surface area contributed by atoms with Gasteiger partial charge in [-0.05, 0) is 38.1 Å². The topological polar surface area (TPSA) is 118 Å². The molecule has 0 fully saturated rings. The maximum absolute atomic E-state index is 8.52. The lowest BCUT2D eigenvalue weighted by molar-refractivity contribution is -1.73. The van der Waals surface area contributed by atoms with Gasteiger partial charge in [-0.25, -0.2) is 4.98 Å². The van der Waals surface area contributed by atoms with Gasteiger partial charge in [0.1, 0.15) is 5.69 Å². The van der Waals surface area contributed by atoms with E-state index in [4.69, 9.17) is 17.7 Å². The van der Waals surface area contributed by atoms with E-state index in [9.17, 15) is 0 Å². The smallest absolute Gasteiger partial charge is 0.277 e. The molecule has 2 heterocycles. The Balaban J connectivity index is 0.000000516. The van der Waals surface area contributed by atoms with Crippen molar-refractivity contribution in [1.29, 1.82) is 0 Å². The number of nitrogens with zero attached hydrogens (tertiary/aromatic N) is 4. The third-order valence-corrected chi connectivity index (χ3v) is 4.97. The van der Waals surface area contributed by atoms with Gasteiger partial charge >= 0.3 is 0 Å². The summed E-state index contributed by atoms with van der Waals surface area (Å²) in [5, 5.41) is 9.60. The SMILES string of the molecule is Cc1nc(N2N=C(c3ccccc3)[NH2+]N2c2ccccc2)sc1C.[O-][Br+2]([O-])[O-]. The first-order valence-corrected chi connectivity index (χ1v) is 11.0. The second-order valence-electron chi connectivity index (χ2n) is 5.78. The van der Waals surface area contributed by atoms with E-state index in [1.807, 2.05) is 53.6 Å². The molecule has 4 rings (SSSR count). The van der Waals surface area contributed by atoms with Crippen molar-refractivity contribution in [2.45, 2.75) is 13.8 Å². The van der Waals surface area contributed by atoms with E-state index >= 15 is 0 Å². The number of halogens is 1. The highest BCUT2D eigenvalue weighted by Crippen LogP contribution is 2.28. The Labute approximate surface area is 171 Å². The number of nitrogens with two attached hydrogens (primary N) is 1. The highest BCUT2D eigenvalue weighted by molar-refractivity contribution is 7.15. The monoisotopic (exact) mass is 463 g/mol. The quantitative estimate of drug-likeness (QED) is 0.511. The molecule has 10 heteroatoms. The van der Waals surface area contributed by atoms with Gasteiger partial charge in [0, 0.05) is 4.88 Å². The molecule has 0 aliphatic carbocycles. The molecule has 0 radical (unpaired) electrons. The standard InChI is InChI=1S/C18H17N5S.BrO3/c1-13-14(2)24-18(19-13)23-21-17(15-9-5-3-6-10-15)20-22(23)16-11-7-4-8-12-16;2-1(3)4/h3-12H,1-2H3,(H,20,21);/q;-1/p+1. The second-order valence-corrected chi connectivity index (χ2v) is 7.75. The Hall–Kier alpha value is -2.34. The van der Waals surface area contributed by atoms with Gasteiger partial charge < -0.3 is 12.6 Å². The molecule has 0 atom stereocenters. The molecule has 0 amide bonds. The molecule has 0 unspecified atom stereocenters. The van der Waals surface area contributed by atoms with Gasteiger partial charge in [0.2, 0.25) is 19.9 Å². The van der Waals surface area contributed by atoms with Gasteiger partial charge in [0.25, 0.3) is 5.84 Å². The molecule has 3 aromatic rings. The number of anilines is 2.